The molecule has 0 spiro atoms. The van der Waals surface area contributed by atoms with Crippen molar-refractivity contribution in [3.63, 3.8) is 0 Å². The smallest absolute Gasteiger partial charge is 0.193 e. The highest BCUT2D eigenvalue weighted by Crippen LogP contribution is 2.30. The first-order valence-electron chi connectivity index (χ1n) is 7.94. The van der Waals surface area contributed by atoms with Crippen LogP contribution in [-0.2, 0) is 0 Å². The molecule has 0 saturated carbocycles. The van der Waals surface area contributed by atoms with Crippen molar-refractivity contribution < 1.29 is 14.3 Å². The molecule has 0 bridgehead atoms. The third kappa shape index (κ3) is 4.25. The predicted molar refractivity (Wildman–Crippen MR) is 98.5 cm³/mol. The third-order valence-corrected chi connectivity index (χ3v) is 4.59. The van der Waals surface area contributed by atoms with E-state index in [2.05, 4.69) is 22.6 Å². The third-order valence-electron chi connectivity index (χ3n) is 3.87. The lowest BCUT2D eigenvalue weighted by Gasteiger charge is -2.16. The number of ketones is 1. The maximum absolute atomic E-state index is 12.6. The number of rotatable bonds is 2. The summed E-state index contributed by atoms with van der Waals surface area (Å²) in [5, 5.41) is 0. The summed E-state index contributed by atoms with van der Waals surface area (Å²) in [5.74, 6) is 1.40. The molecular formula is C19H19IO3. The van der Waals surface area contributed by atoms with Crippen LogP contribution in [0.25, 0.3) is 0 Å². The second kappa shape index (κ2) is 7.81. The molecule has 0 radical (unpaired) electrons. The molecule has 0 N–H and O–H groups in total. The number of ether oxygens (including phenoxy) is 2. The standard InChI is InChI=1S/C19H19IO3/c20-16-8-5-14(6-9-16)19(21)15-7-10-17-18(13-15)23-12-4-2-1-3-11-22-17/h5-10,13H,1-4,11-12H2. The van der Waals surface area contributed by atoms with Gasteiger partial charge in [0.05, 0.1) is 13.2 Å². The minimum absolute atomic E-state index is 0.00453. The largest absolute Gasteiger partial charge is 0.490 e. The van der Waals surface area contributed by atoms with Crippen LogP contribution < -0.4 is 9.47 Å². The number of fused-ring (bicyclic) bond motifs is 1. The first-order chi connectivity index (χ1) is 11.2. The van der Waals surface area contributed by atoms with Gasteiger partial charge in [0.1, 0.15) is 0 Å². The van der Waals surface area contributed by atoms with Gasteiger partial charge >= 0.3 is 0 Å². The molecule has 0 saturated heterocycles. The van der Waals surface area contributed by atoms with Gasteiger partial charge < -0.3 is 9.47 Å². The van der Waals surface area contributed by atoms with Crippen LogP contribution in [-0.4, -0.2) is 19.0 Å². The number of hydrogen-bond acceptors (Lipinski definition) is 3. The molecule has 3 nitrogen and oxygen atoms in total. The van der Waals surface area contributed by atoms with Gasteiger partial charge in [0.25, 0.3) is 0 Å². The van der Waals surface area contributed by atoms with E-state index in [0.29, 0.717) is 30.1 Å². The summed E-state index contributed by atoms with van der Waals surface area (Å²) in [6, 6.07) is 13.0. The van der Waals surface area contributed by atoms with Crippen LogP contribution in [0.4, 0.5) is 0 Å². The molecule has 0 aliphatic carbocycles. The Morgan fingerprint density at radius 2 is 1.39 bits per heavy atom. The zero-order valence-electron chi connectivity index (χ0n) is 12.9. The first-order valence-corrected chi connectivity index (χ1v) is 9.02. The van der Waals surface area contributed by atoms with Crippen LogP contribution >= 0.6 is 22.6 Å². The number of halogens is 1. The highest BCUT2D eigenvalue weighted by atomic mass is 127. The number of hydrogen-bond donors (Lipinski definition) is 0. The van der Waals surface area contributed by atoms with Crippen molar-refractivity contribution in [2.24, 2.45) is 0 Å². The Bertz CT molecular complexity index is 680. The van der Waals surface area contributed by atoms with E-state index in [-0.39, 0.29) is 5.78 Å². The van der Waals surface area contributed by atoms with Gasteiger partial charge in [-0.05, 0) is 90.7 Å². The maximum atomic E-state index is 12.6. The highest BCUT2D eigenvalue weighted by Gasteiger charge is 2.14. The average Bonchev–Trinajstić information content (AvgIpc) is 2.59. The molecule has 1 aliphatic heterocycles. The van der Waals surface area contributed by atoms with Crippen LogP contribution in [0.5, 0.6) is 11.5 Å². The van der Waals surface area contributed by atoms with Crippen LogP contribution in [0.15, 0.2) is 42.5 Å². The molecule has 0 amide bonds. The Labute approximate surface area is 150 Å². The molecule has 2 aromatic carbocycles. The van der Waals surface area contributed by atoms with Crippen LogP contribution in [0.1, 0.15) is 41.6 Å². The quantitative estimate of drug-likeness (QED) is 0.513. The fraction of sp³-hybridized carbons (Fsp3) is 0.316. The van der Waals surface area contributed by atoms with Gasteiger partial charge in [-0.3, -0.25) is 4.79 Å². The summed E-state index contributed by atoms with van der Waals surface area (Å²) in [6.45, 7) is 1.36. The molecule has 23 heavy (non-hydrogen) atoms. The molecule has 3 rings (SSSR count). The van der Waals surface area contributed by atoms with E-state index in [1.54, 1.807) is 6.07 Å². The Balaban J connectivity index is 1.85. The summed E-state index contributed by atoms with van der Waals surface area (Å²) in [4.78, 5) is 12.6. The van der Waals surface area contributed by atoms with Gasteiger partial charge in [-0.15, -0.1) is 0 Å². The normalized spacial score (nSPS) is 15.0. The molecule has 1 heterocycles. The molecule has 0 unspecified atom stereocenters. The predicted octanol–water partition coefficient (Wildman–Crippen LogP) is 4.85. The number of carbonyl (C=O) groups is 1. The number of carbonyl (C=O) groups excluding carboxylic acids is 1. The van der Waals surface area contributed by atoms with E-state index in [1.165, 1.54) is 6.42 Å². The van der Waals surface area contributed by atoms with Crippen molar-refractivity contribution in [1.29, 1.82) is 0 Å². The molecule has 1 aliphatic rings. The first kappa shape index (κ1) is 16.3. The summed E-state index contributed by atoms with van der Waals surface area (Å²) >= 11 is 2.23. The highest BCUT2D eigenvalue weighted by molar-refractivity contribution is 14.1. The fourth-order valence-corrected chi connectivity index (χ4v) is 2.93. The minimum atomic E-state index is 0.00453. The topological polar surface area (TPSA) is 35.5 Å². The monoisotopic (exact) mass is 422 g/mol. The van der Waals surface area contributed by atoms with Crippen LogP contribution in [0, 0.1) is 3.57 Å². The van der Waals surface area contributed by atoms with Gasteiger partial charge in [-0.2, -0.15) is 0 Å². The molecule has 120 valence electrons. The van der Waals surface area contributed by atoms with Crippen molar-refractivity contribution in [2.75, 3.05) is 13.2 Å². The summed E-state index contributed by atoms with van der Waals surface area (Å²) in [5.41, 5.74) is 1.32. The number of benzene rings is 2. The lowest BCUT2D eigenvalue weighted by molar-refractivity contribution is 0.103. The van der Waals surface area contributed by atoms with Gasteiger partial charge in [-0.1, -0.05) is 0 Å². The van der Waals surface area contributed by atoms with E-state index in [4.69, 9.17) is 9.47 Å². The minimum Gasteiger partial charge on any atom is -0.490 e. The van der Waals surface area contributed by atoms with E-state index >= 15 is 0 Å². The maximum Gasteiger partial charge on any atom is 0.193 e. The second-order valence-electron chi connectivity index (χ2n) is 5.61. The summed E-state index contributed by atoms with van der Waals surface area (Å²) in [7, 11) is 0. The lowest BCUT2D eigenvalue weighted by atomic mass is 10.0. The van der Waals surface area contributed by atoms with Gasteiger partial charge in [-0.25, -0.2) is 0 Å². The second-order valence-corrected chi connectivity index (χ2v) is 6.85. The zero-order chi connectivity index (χ0) is 16.1. The molecule has 4 heteroatoms. The van der Waals surface area contributed by atoms with Crippen molar-refractivity contribution in [3.8, 4) is 11.5 Å². The summed E-state index contributed by atoms with van der Waals surface area (Å²) < 4.78 is 12.7. The lowest BCUT2D eigenvalue weighted by Crippen LogP contribution is -2.07. The van der Waals surface area contributed by atoms with Crippen LogP contribution in [0.3, 0.4) is 0 Å². The molecule has 0 atom stereocenters. The van der Waals surface area contributed by atoms with Crippen molar-refractivity contribution in [1.82, 2.24) is 0 Å². The van der Waals surface area contributed by atoms with Gasteiger partial charge in [0.2, 0.25) is 0 Å². The molecule has 0 fully saturated rings. The Kier molecular flexibility index (Phi) is 5.54. The van der Waals surface area contributed by atoms with Gasteiger partial charge in [0, 0.05) is 14.7 Å². The van der Waals surface area contributed by atoms with E-state index in [9.17, 15) is 4.79 Å². The average molecular weight is 422 g/mol. The molecular weight excluding hydrogens is 403 g/mol. The van der Waals surface area contributed by atoms with Crippen LogP contribution in [0.2, 0.25) is 0 Å². The Morgan fingerprint density at radius 1 is 0.783 bits per heavy atom. The van der Waals surface area contributed by atoms with Crippen molar-refractivity contribution >= 4 is 28.4 Å². The van der Waals surface area contributed by atoms with Gasteiger partial charge in [0.15, 0.2) is 17.3 Å². The van der Waals surface area contributed by atoms with E-state index in [1.807, 2.05) is 36.4 Å². The van der Waals surface area contributed by atoms with E-state index < -0.39 is 0 Å². The molecule has 0 aromatic heterocycles. The molecule has 2 aromatic rings. The van der Waals surface area contributed by atoms with Crippen molar-refractivity contribution in [3.05, 3.63) is 57.2 Å². The fourth-order valence-electron chi connectivity index (χ4n) is 2.57. The summed E-state index contributed by atoms with van der Waals surface area (Å²) in [6.07, 6.45) is 4.42. The Hall–Kier alpha value is -1.56. The Morgan fingerprint density at radius 3 is 2.09 bits per heavy atom. The SMILES string of the molecule is O=C(c1ccc(I)cc1)c1ccc2c(c1)OCCCCCCO2. The van der Waals surface area contributed by atoms with Crippen molar-refractivity contribution in [2.45, 2.75) is 25.7 Å². The van der Waals surface area contributed by atoms with E-state index in [0.717, 1.165) is 28.6 Å². The zero-order valence-corrected chi connectivity index (χ0v) is 15.0.